The molecule has 0 heterocycles. The average Bonchev–Trinajstić information content (AvgIpc) is 2.15. The van der Waals surface area contributed by atoms with Crippen LogP contribution in [0.1, 0.15) is 31.2 Å². The van der Waals surface area contributed by atoms with Gasteiger partial charge in [0.25, 0.3) is 0 Å². The molecular weight excluding hydrogens is 188 g/mol. The Morgan fingerprint density at radius 3 is 2.40 bits per heavy atom. The Hall–Kier alpha value is -1.31. The fraction of sp³-hybridized carbons (Fsp3) is 0.462. The number of carboxylic acids is 1. The van der Waals surface area contributed by atoms with Gasteiger partial charge in [0.1, 0.15) is 0 Å². The monoisotopic (exact) mass is 204 g/mol. The third-order valence-corrected chi connectivity index (χ3v) is 3.36. The summed E-state index contributed by atoms with van der Waals surface area (Å²) in [5, 5.41) is 8.89. The first kappa shape index (κ1) is 10.2. The molecule has 1 aliphatic rings. The Labute approximate surface area is 89.9 Å². The van der Waals surface area contributed by atoms with Crippen molar-refractivity contribution >= 4 is 5.97 Å². The second kappa shape index (κ2) is 4.05. The van der Waals surface area contributed by atoms with E-state index >= 15 is 0 Å². The molecule has 0 radical (unpaired) electrons. The zero-order valence-electron chi connectivity index (χ0n) is 8.78. The molecule has 1 aromatic rings. The van der Waals surface area contributed by atoms with Gasteiger partial charge in [-0.25, -0.2) is 0 Å². The Morgan fingerprint density at radius 1 is 1.27 bits per heavy atom. The smallest absolute Gasteiger partial charge is 0.303 e. The molecule has 0 amide bonds. The van der Waals surface area contributed by atoms with Crippen molar-refractivity contribution in [2.75, 3.05) is 0 Å². The summed E-state index contributed by atoms with van der Waals surface area (Å²) in [6.07, 6.45) is 4.55. The van der Waals surface area contributed by atoms with Crippen LogP contribution in [0.15, 0.2) is 30.3 Å². The van der Waals surface area contributed by atoms with Gasteiger partial charge in [0.2, 0.25) is 0 Å². The zero-order valence-corrected chi connectivity index (χ0v) is 8.78. The molecule has 0 unspecified atom stereocenters. The first-order chi connectivity index (χ1) is 7.20. The van der Waals surface area contributed by atoms with E-state index in [0.717, 1.165) is 19.3 Å². The molecule has 0 saturated heterocycles. The lowest BCUT2D eigenvalue weighted by Gasteiger charge is -2.41. The predicted molar refractivity (Wildman–Crippen MR) is 58.7 cm³/mol. The van der Waals surface area contributed by atoms with E-state index < -0.39 is 5.97 Å². The topological polar surface area (TPSA) is 37.3 Å². The molecule has 0 bridgehead atoms. The van der Waals surface area contributed by atoms with Crippen molar-refractivity contribution < 1.29 is 9.90 Å². The number of carbonyl (C=O) groups is 1. The summed E-state index contributed by atoms with van der Waals surface area (Å²) in [6, 6.07) is 10.2. The highest BCUT2D eigenvalue weighted by Gasteiger charge is 2.38. The van der Waals surface area contributed by atoms with Crippen molar-refractivity contribution in [2.24, 2.45) is 5.41 Å². The van der Waals surface area contributed by atoms with E-state index in [2.05, 4.69) is 12.1 Å². The lowest BCUT2D eigenvalue weighted by atomic mass is 9.63. The van der Waals surface area contributed by atoms with Gasteiger partial charge in [-0.1, -0.05) is 36.8 Å². The van der Waals surface area contributed by atoms with E-state index in [1.165, 1.54) is 12.0 Å². The van der Waals surface area contributed by atoms with Crippen molar-refractivity contribution in [1.29, 1.82) is 0 Å². The van der Waals surface area contributed by atoms with E-state index in [1.54, 1.807) is 0 Å². The molecule has 1 fully saturated rings. The van der Waals surface area contributed by atoms with E-state index in [0.29, 0.717) is 6.42 Å². The maximum atomic E-state index is 10.8. The van der Waals surface area contributed by atoms with Gasteiger partial charge in [-0.15, -0.1) is 0 Å². The minimum atomic E-state index is -0.661. The number of benzene rings is 1. The highest BCUT2D eigenvalue weighted by atomic mass is 16.4. The molecular formula is C13H16O2. The van der Waals surface area contributed by atoms with Crippen LogP contribution in [0.3, 0.4) is 0 Å². The fourth-order valence-corrected chi connectivity index (χ4v) is 2.44. The van der Waals surface area contributed by atoms with Crippen molar-refractivity contribution in [3.63, 3.8) is 0 Å². The summed E-state index contributed by atoms with van der Waals surface area (Å²) in [7, 11) is 0. The zero-order chi connectivity index (χ0) is 10.7. The van der Waals surface area contributed by atoms with Crippen LogP contribution in [0, 0.1) is 5.41 Å². The lowest BCUT2D eigenvalue weighted by Crippen LogP contribution is -2.34. The molecule has 1 saturated carbocycles. The molecule has 15 heavy (non-hydrogen) atoms. The van der Waals surface area contributed by atoms with Crippen molar-refractivity contribution in [2.45, 2.75) is 32.1 Å². The predicted octanol–water partition coefficient (Wildman–Crippen LogP) is 2.87. The van der Waals surface area contributed by atoms with Gasteiger partial charge in [-0.2, -0.15) is 0 Å². The van der Waals surface area contributed by atoms with E-state index in [4.69, 9.17) is 5.11 Å². The van der Waals surface area contributed by atoms with Crippen LogP contribution in [0.2, 0.25) is 0 Å². The molecule has 2 heteroatoms. The summed E-state index contributed by atoms with van der Waals surface area (Å²) in [6.45, 7) is 0. The second-order valence-electron chi connectivity index (χ2n) is 4.59. The standard InChI is InChI=1S/C13H16O2/c14-12(15)10-13(7-4-8-13)9-11-5-2-1-3-6-11/h1-3,5-6H,4,7-10H2,(H,14,15). The Kier molecular flexibility index (Phi) is 2.76. The van der Waals surface area contributed by atoms with E-state index in [9.17, 15) is 4.79 Å². The van der Waals surface area contributed by atoms with Gasteiger partial charge in [0.05, 0.1) is 6.42 Å². The SMILES string of the molecule is O=C(O)CC1(Cc2ccccc2)CCC1. The minimum Gasteiger partial charge on any atom is -0.481 e. The van der Waals surface area contributed by atoms with Gasteiger partial charge < -0.3 is 5.11 Å². The molecule has 80 valence electrons. The Morgan fingerprint density at radius 2 is 1.93 bits per heavy atom. The first-order valence-corrected chi connectivity index (χ1v) is 5.46. The molecule has 2 nitrogen and oxygen atoms in total. The Bertz CT molecular complexity index is 339. The molecule has 1 N–H and O–H groups in total. The third-order valence-electron chi connectivity index (χ3n) is 3.36. The summed E-state index contributed by atoms with van der Waals surface area (Å²) in [4.78, 5) is 10.8. The van der Waals surface area contributed by atoms with Crippen LogP contribution in [-0.2, 0) is 11.2 Å². The van der Waals surface area contributed by atoms with Crippen LogP contribution < -0.4 is 0 Å². The minimum absolute atomic E-state index is 0.0488. The van der Waals surface area contributed by atoms with Crippen LogP contribution in [0.5, 0.6) is 0 Å². The lowest BCUT2D eigenvalue weighted by molar-refractivity contribution is -0.141. The van der Waals surface area contributed by atoms with Crippen LogP contribution in [-0.4, -0.2) is 11.1 Å². The van der Waals surface area contributed by atoms with Crippen LogP contribution in [0.25, 0.3) is 0 Å². The van der Waals surface area contributed by atoms with Gasteiger partial charge in [-0.05, 0) is 30.2 Å². The van der Waals surface area contributed by atoms with Crippen molar-refractivity contribution in [1.82, 2.24) is 0 Å². The number of aliphatic carboxylic acids is 1. The highest BCUT2D eigenvalue weighted by molar-refractivity contribution is 5.68. The van der Waals surface area contributed by atoms with Crippen molar-refractivity contribution in [3.8, 4) is 0 Å². The van der Waals surface area contributed by atoms with E-state index in [-0.39, 0.29) is 5.41 Å². The summed E-state index contributed by atoms with van der Waals surface area (Å²) >= 11 is 0. The summed E-state index contributed by atoms with van der Waals surface area (Å²) in [5.74, 6) is -0.661. The number of hydrogen-bond donors (Lipinski definition) is 1. The Balaban J connectivity index is 2.05. The van der Waals surface area contributed by atoms with Crippen LogP contribution >= 0.6 is 0 Å². The second-order valence-corrected chi connectivity index (χ2v) is 4.59. The van der Waals surface area contributed by atoms with Gasteiger partial charge in [0.15, 0.2) is 0 Å². The maximum Gasteiger partial charge on any atom is 0.303 e. The third kappa shape index (κ3) is 2.38. The van der Waals surface area contributed by atoms with Gasteiger partial charge in [0, 0.05) is 0 Å². The summed E-state index contributed by atoms with van der Waals surface area (Å²) in [5.41, 5.74) is 1.31. The normalized spacial score (nSPS) is 18.1. The number of carboxylic acid groups (broad SMARTS) is 1. The van der Waals surface area contributed by atoms with Crippen molar-refractivity contribution in [3.05, 3.63) is 35.9 Å². The molecule has 0 aromatic heterocycles. The van der Waals surface area contributed by atoms with E-state index in [1.807, 2.05) is 18.2 Å². The molecule has 1 aromatic carbocycles. The first-order valence-electron chi connectivity index (χ1n) is 5.46. The molecule has 2 rings (SSSR count). The largest absolute Gasteiger partial charge is 0.481 e. The maximum absolute atomic E-state index is 10.8. The van der Waals surface area contributed by atoms with Crippen LogP contribution in [0.4, 0.5) is 0 Å². The molecule has 1 aliphatic carbocycles. The average molecular weight is 204 g/mol. The quantitative estimate of drug-likeness (QED) is 0.818. The highest BCUT2D eigenvalue weighted by Crippen LogP contribution is 2.46. The number of rotatable bonds is 4. The molecule has 0 aliphatic heterocycles. The van der Waals surface area contributed by atoms with Gasteiger partial charge in [-0.3, -0.25) is 4.79 Å². The number of hydrogen-bond acceptors (Lipinski definition) is 1. The van der Waals surface area contributed by atoms with Gasteiger partial charge >= 0.3 is 5.97 Å². The fourth-order valence-electron chi connectivity index (χ4n) is 2.44. The molecule has 0 spiro atoms. The summed E-state index contributed by atoms with van der Waals surface area (Å²) < 4.78 is 0. The molecule has 0 atom stereocenters.